The van der Waals surface area contributed by atoms with Gasteiger partial charge in [0.25, 0.3) is 0 Å². The van der Waals surface area contributed by atoms with E-state index < -0.39 is 95.9 Å². The Labute approximate surface area is 389 Å². The zero-order valence-electron chi connectivity index (χ0n) is 39.1. The van der Waals surface area contributed by atoms with Crippen LogP contribution >= 0.6 is 15.6 Å². The molecule has 0 saturated carbocycles. The summed E-state index contributed by atoms with van der Waals surface area (Å²) in [7, 11) is -10.9. The third-order valence-corrected chi connectivity index (χ3v) is 13.6. The number of allylic oxidation sites excluding steroid dienone is 1. The second-order valence-electron chi connectivity index (χ2n) is 17.4. The highest BCUT2D eigenvalue weighted by atomic mass is 31.3. The van der Waals surface area contributed by atoms with Crippen LogP contribution in [0.4, 0.5) is 5.82 Å². The molecule has 1 aromatic heterocycles. The molecule has 66 heavy (non-hydrogen) atoms. The third kappa shape index (κ3) is 26.3. The van der Waals surface area contributed by atoms with Crippen molar-refractivity contribution in [1.29, 1.82) is 0 Å². The molecule has 0 spiro atoms. The van der Waals surface area contributed by atoms with Crippen LogP contribution in [0, 0.1) is 5.92 Å². The van der Waals surface area contributed by atoms with Crippen molar-refractivity contribution in [2.75, 3.05) is 25.6 Å². The van der Waals surface area contributed by atoms with Crippen molar-refractivity contribution in [3.05, 3.63) is 34.9 Å². The highest BCUT2D eigenvalue weighted by Crippen LogP contribution is 2.60. The Hall–Kier alpha value is -2.58. The highest BCUT2D eigenvalue weighted by molar-refractivity contribution is 7.61. The minimum absolute atomic E-state index is 0.0199. The van der Waals surface area contributed by atoms with Crippen molar-refractivity contribution >= 4 is 33.4 Å². The van der Waals surface area contributed by atoms with Gasteiger partial charge in [-0.25, -0.2) is 13.9 Å². The maximum absolute atomic E-state index is 12.8. The predicted octanol–water partition coefficient (Wildman–Crippen LogP) is 6.69. The number of anilines is 1. The fourth-order valence-corrected chi connectivity index (χ4v) is 9.22. The lowest BCUT2D eigenvalue weighted by molar-refractivity contribution is -0.161. The van der Waals surface area contributed by atoms with E-state index in [0.29, 0.717) is 44.4 Å². The molecular formula is C44H79N3O17P2. The number of carbonyl (C=O) groups excluding carboxylic acids is 2. The summed E-state index contributed by atoms with van der Waals surface area (Å²) in [6, 6.07) is 1.24. The van der Waals surface area contributed by atoms with Gasteiger partial charge in [0.05, 0.1) is 25.4 Å². The molecule has 1 aromatic rings. The Bertz CT molecular complexity index is 1700. The Morgan fingerprint density at radius 3 is 2.02 bits per heavy atom. The highest BCUT2D eigenvalue weighted by Gasteiger charge is 2.46. The van der Waals surface area contributed by atoms with Crippen molar-refractivity contribution in [2.24, 2.45) is 5.92 Å². The normalized spacial score (nSPS) is 20.8. The number of esters is 2. The van der Waals surface area contributed by atoms with Crippen molar-refractivity contribution in [3.8, 4) is 0 Å². The first-order valence-electron chi connectivity index (χ1n) is 23.7. The van der Waals surface area contributed by atoms with Crippen LogP contribution in [0.3, 0.4) is 0 Å². The van der Waals surface area contributed by atoms with Gasteiger partial charge in [-0.3, -0.25) is 23.2 Å². The van der Waals surface area contributed by atoms with Gasteiger partial charge in [0.2, 0.25) is 0 Å². The molecule has 2 heterocycles. The summed E-state index contributed by atoms with van der Waals surface area (Å²) in [4.78, 5) is 61.7. The van der Waals surface area contributed by atoms with Crippen molar-refractivity contribution in [3.63, 3.8) is 0 Å². The Morgan fingerprint density at radius 2 is 1.39 bits per heavy atom. The van der Waals surface area contributed by atoms with Crippen molar-refractivity contribution in [2.45, 2.75) is 205 Å². The van der Waals surface area contributed by atoms with E-state index >= 15 is 0 Å². The number of phosphoric ester groups is 2. The number of rotatable bonds is 38. The van der Waals surface area contributed by atoms with Gasteiger partial charge in [-0.05, 0) is 50.5 Å². The summed E-state index contributed by atoms with van der Waals surface area (Å²) in [5.74, 6) is -0.716. The largest absolute Gasteiger partial charge is 0.481 e. The van der Waals surface area contributed by atoms with Crippen LogP contribution < -0.4 is 11.4 Å². The zero-order valence-corrected chi connectivity index (χ0v) is 40.9. The second kappa shape index (κ2) is 33.0. The molecule has 8 N–H and O–H groups in total. The van der Waals surface area contributed by atoms with Crippen molar-refractivity contribution < 1.29 is 76.5 Å². The van der Waals surface area contributed by atoms with Crippen LogP contribution in [0.25, 0.3) is 0 Å². The third-order valence-electron chi connectivity index (χ3n) is 11.0. The molecule has 0 bridgehead atoms. The molecule has 9 atom stereocenters. The van der Waals surface area contributed by atoms with Gasteiger partial charge in [-0.15, -0.1) is 0 Å². The summed E-state index contributed by atoms with van der Waals surface area (Å²) in [6.45, 7) is 4.16. The van der Waals surface area contributed by atoms with Gasteiger partial charge < -0.3 is 50.2 Å². The van der Waals surface area contributed by atoms with Crippen LogP contribution in [0.15, 0.2) is 29.2 Å². The standard InChI is InChI=1S/C44H79N3O17P2/c1-4-5-6-7-14-19-24-35(48)36(49)25-20-15-12-17-21-26-39(50)59-30-34(62-40(51)27-22-16-11-9-8-10-13-18-23-33(2)3)31-60-65(55,56)64-66(57,58)61-32-37-41(52)42(53)43(63-37)47-29-28-38(45)46-44(47)54/h14,19,28-29,33-37,41-43,48-49,52-53H,4-13,15-18,20-27,30-32H2,1-3H3,(H,55,56)(H,57,58)(H2,45,46,54)/b19-14-/t34-,35-,36-,37-,41-,42-,43-/m1/s1. The minimum atomic E-state index is -5.44. The Morgan fingerprint density at radius 1 is 0.803 bits per heavy atom. The van der Waals surface area contributed by atoms with Crippen LogP contribution in [-0.2, 0) is 46.3 Å². The number of hydrogen-bond acceptors (Lipinski definition) is 17. The SMILES string of the molecule is CCCCC/C=C\C[C@@H](O)[C@H](O)CCCCCCCC(=O)OC[C@H](COP(=O)(O)OP(=O)(O)OC[C@H]1O[C@@H](n2ccc(N)nc2=O)[C@H](O)[C@@H]1O)OC(=O)CCCCCCCCCCC(C)C. The molecule has 1 fully saturated rings. The van der Waals surface area contributed by atoms with E-state index in [1.165, 1.54) is 25.3 Å². The number of aliphatic hydroxyl groups excluding tert-OH is 4. The maximum atomic E-state index is 12.8. The average Bonchev–Trinajstić information content (AvgIpc) is 3.53. The summed E-state index contributed by atoms with van der Waals surface area (Å²) in [5, 5.41) is 41.4. The molecule has 2 unspecified atom stereocenters. The molecule has 22 heteroatoms. The van der Waals surface area contributed by atoms with Gasteiger partial charge in [-0.2, -0.15) is 9.29 Å². The number of nitrogens with two attached hydrogens (primary N) is 1. The first kappa shape index (κ1) is 59.5. The summed E-state index contributed by atoms with van der Waals surface area (Å²) < 4.78 is 56.5. The van der Waals surface area contributed by atoms with E-state index in [0.717, 1.165) is 81.4 Å². The first-order chi connectivity index (χ1) is 31.3. The number of phosphoric acid groups is 2. The number of nitrogen functional groups attached to an aromatic ring is 1. The van der Waals surface area contributed by atoms with Gasteiger partial charge in [0.15, 0.2) is 12.3 Å². The number of aliphatic hydroxyl groups is 4. The molecule has 0 amide bonds. The lowest BCUT2D eigenvalue weighted by Gasteiger charge is -2.21. The molecular weight excluding hydrogens is 904 g/mol. The Balaban J connectivity index is 1.84. The van der Waals surface area contributed by atoms with Gasteiger partial charge >= 0.3 is 33.3 Å². The predicted molar refractivity (Wildman–Crippen MR) is 246 cm³/mol. The number of unbranched alkanes of at least 4 members (excludes halogenated alkanes) is 14. The number of aromatic nitrogens is 2. The van der Waals surface area contributed by atoms with E-state index in [9.17, 15) is 53.7 Å². The second-order valence-corrected chi connectivity index (χ2v) is 20.4. The number of carbonyl (C=O) groups is 2. The molecule has 0 radical (unpaired) electrons. The zero-order chi connectivity index (χ0) is 49.0. The molecule has 1 aliphatic rings. The monoisotopic (exact) mass is 983 g/mol. The number of hydrogen-bond donors (Lipinski definition) is 7. The molecule has 1 aliphatic heterocycles. The summed E-state index contributed by atoms with van der Waals surface area (Å²) >= 11 is 0. The van der Waals surface area contributed by atoms with Crippen LogP contribution in [0.2, 0.25) is 0 Å². The van der Waals surface area contributed by atoms with Crippen LogP contribution in [0.5, 0.6) is 0 Å². The van der Waals surface area contributed by atoms with Crippen LogP contribution in [0.1, 0.15) is 168 Å². The number of ether oxygens (including phenoxy) is 3. The minimum Gasteiger partial charge on any atom is -0.462 e. The van der Waals surface area contributed by atoms with E-state index in [1.54, 1.807) is 0 Å². The average molecular weight is 984 g/mol. The molecule has 20 nitrogen and oxygen atoms in total. The molecule has 0 aromatic carbocycles. The van der Waals surface area contributed by atoms with E-state index in [2.05, 4.69) is 30.1 Å². The van der Waals surface area contributed by atoms with E-state index in [-0.39, 0.29) is 18.7 Å². The van der Waals surface area contributed by atoms with Crippen molar-refractivity contribution in [1.82, 2.24) is 9.55 Å². The Kier molecular flexibility index (Phi) is 29.8. The lowest BCUT2D eigenvalue weighted by Crippen LogP contribution is -2.36. The molecule has 1 saturated heterocycles. The van der Waals surface area contributed by atoms with Crippen LogP contribution in [-0.4, -0.2) is 108 Å². The quantitative estimate of drug-likeness (QED) is 0.0157. The summed E-state index contributed by atoms with van der Waals surface area (Å²) in [5.41, 5.74) is 4.56. The topological polar surface area (TPSA) is 306 Å². The maximum Gasteiger partial charge on any atom is 0.481 e. The smallest absolute Gasteiger partial charge is 0.462 e. The fraction of sp³-hybridized carbons (Fsp3) is 0.818. The van der Waals surface area contributed by atoms with Gasteiger partial charge in [0, 0.05) is 19.0 Å². The lowest BCUT2D eigenvalue weighted by atomic mass is 10.0. The van der Waals surface area contributed by atoms with Gasteiger partial charge in [0.1, 0.15) is 30.7 Å². The van der Waals surface area contributed by atoms with E-state index in [1.807, 2.05) is 12.2 Å². The van der Waals surface area contributed by atoms with Gasteiger partial charge in [-0.1, -0.05) is 123 Å². The molecule has 0 aliphatic carbocycles. The fourth-order valence-electron chi connectivity index (χ4n) is 7.11. The molecule has 2 rings (SSSR count). The first-order valence-corrected chi connectivity index (χ1v) is 26.7. The number of nitrogens with zero attached hydrogens (tertiary/aromatic N) is 2. The summed E-state index contributed by atoms with van der Waals surface area (Å²) in [6.07, 6.45) is 13.5. The molecule has 382 valence electrons. The van der Waals surface area contributed by atoms with E-state index in [4.69, 9.17) is 29.0 Å².